The lowest BCUT2D eigenvalue weighted by Crippen LogP contribution is -2.28. The molecule has 4 nitrogen and oxygen atoms in total. The fraction of sp³-hybridized carbons (Fsp3) is 0.500. The Kier molecular flexibility index (Phi) is 5.75. The van der Waals surface area contributed by atoms with E-state index in [0.717, 1.165) is 36.2 Å². The summed E-state index contributed by atoms with van der Waals surface area (Å²) >= 11 is 9.81. The van der Waals surface area contributed by atoms with Crippen molar-refractivity contribution in [3.05, 3.63) is 21.7 Å². The smallest absolute Gasteiger partial charge is 0.250 e. The molecule has 0 aromatic rings. The number of hydrogen-bond donors (Lipinski definition) is 3. The molecule has 0 unspecified atom stereocenters. The van der Waals surface area contributed by atoms with Gasteiger partial charge in [0.1, 0.15) is 5.88 Å². The SMILES string of the molecule is C/C(NC(=O)CCl)=C(/C(N)=O)C1=C(S)CCCC1. The molecule has 0 aromatic heterocycles. The number of nitrogens with one attached hydrogen (secondary N) is 1. The van der Waals surface area contributed by atoms with Gasteiger partial charge in [-0.25, -0.2) is 0 Å². The summed E-state index contributed by atoms with van der Waals surface area (Å²) in [6.07, 6.45) is 3.64. The van der Waals surface area contributed by atoms with Crippen molar-refractivity contribution >= 4 is 36.0 Å². The quantitative estimate of drug-likeness (QED) is 0.420. The van der Waals surface area contributed by atoms with E-state index in [4.69, 9.17) is 17.3 Å². The maximum Gasteiger partial charge on any atom is 0.250 e. The molecule has 0 atom stereocenters. The molecule has 3 N–H and O–H groups in total. The zero-order valence-electron chi connectivity index (χ0n) is 10.3. The van der Waals surface area contributed by atoms with Crippen LogP contribution in [0.5, 0.6) is 0 Å². The third-order valence-electron chi connectivity index (χ3n) is 2.81. The first-order valence-electron chi connectivity index (χ1n) is 5.75. The molecule has 0 bridgehead atoms. The summed E-state index contributed by atoms with van der Waals surface area (Å²) in [4.78, 5) is 23.7. The number of carbonyl (C=O) groups excluding carboxylic acids is 2. The fourth-order valence-electron chi connectivity index (χ4n) is 2.02. The van der Waals surface area contributed by atoms with Gasteiger partial charge in [-0.1, -0.05) is 0 Å². The molecule has 2 amide bonds. The highest BCUT2D eigenvalue weighted by Crippen LogP contribution is 2.32. The number of carbonyl (C=O) groups is 2. The van der Waals surface area contributed by atoms with Crippen LogP contribution in [0.15, 0.2) is 21.7 Å². The minimum atomic E-state index is -0.550. The molecule has 100 valence electrons. The molecule has 0 saturated heterocycles. The topological polar surface area (TPSA) is 72.2 Å². The molecular formula is C12H17ClN2O2S. The van der Waals surface area contributed by atoms with Crippen LogP contribution in [0, 0.1) is 0 Å². The third-order valence-corrected chi connectivity index (χ3v) is 3.55. The zero-order chi connectivity index (χ0) is 13.7. The van der Waals surface area contributed by atoms with Crippen LogP contribution in [0.1, 0.15) is 32.6 Å². The highest BCUT2D eigenvalue weighted by molar-refractivity contribution is 7.84. The number of rotatable bonds is 4. The predicted molar refractivity (Wildman–Crippen MR) is 75.2 cm³/mol. The lowest BCUT2D eigenvalue weighted by molar-refractivity contribution is -0.117. The van der Waals surface area contributed by atoms with E-state index >= 15 is 0 Å². The minimum absolute atomic E-state index is 0.157. The van der Waals surface area contributed by atoms with Crippen molar-refractivity contribution in [3.63, 3.8) is 0 Å². The van der Waals surface area contributed by atoms with Crippen molar-refractivity contribution in [1.29, 1.82) is 0 Å². The molecule has 18 heavy (non-hydrogen) atoms. The van der Waals surface area contributed by atoms with Gasteiger partial charge in [-0.15, -0.1) is 24.2 Å². The van der Waals surface area contributed by atoms with Crippen LogP contribution < -0.4 is 11.1 Å². The van der Waals surface area contributed by atoms with E-state index in [1.165, 1.54) is 0 Å². The maximum absolute atomic E-state index is 11.6. The summed E-state index contributed by atoms with van der Waals surface area (Å²) in [5.41, 5.74) is 7.04. The molecule has 0 spiro atoms. The minimum Gasteiger partial charge on any atom is -0.366 e. The number of allylic oxidation sites excluding steroid dienone is 2. The van der Waals surface area contributed by atoms with Crippen LogP contribution >= 0.6 is 24.2 Å². The Morgan fingerprint density at radius 2 is 2.00 bits per heavy atom. The Morgan fingerprint density at radius 3 is 2.50 bits per heavy atom. The lowest BCUT2D eigenvalue weighted by Gasteiger charge is -2.20. The number of primary amides is 1. The second kappa shape index (κ2) is 6.85. The Hall–Kier alpha value is -0.940. The summed E-state index contributed by atoms with van der Waals surface area (Å²) < 4.78 is 0. The van der Waals surface area contributed by atoms with E-state index < -0.39 is 5.91 Å². The van der Waals surface area contributed by atoms with Crippen molar-refractivity contribution < 1.29 is 9.59 Å². The lowest BCUT2D eigenvalue weighted by atomic mass is 9.91. The van der Waals surface area contributed by atoms with Crippen LogP contribution in [0.3, 0.4) is 0 Å². The molecule has 1 aliphatic carbocycles. The zero-order valence-corrected chi connectivity index (χ0v) is 11.9. The van der Waals surface area contributed by atoms with E-state index in [2.05, 4.69) is 17.9 Å². The van der Waals surface area contributed by atoms with Gasteiger partial charge in [-0.3, -0.25) is 9.59 Å². The van der Waals surface area contributed by atoms with Gasteiger partial charge in [0.15, 0.2) is 0 Å². The van der Waals surface area contributed by atoms with Gasteiger partial charge < -0.3 is 11.1 Å². The van der Waals surface area contributed by atoms with Crippen LogP contribution in [0.2, 0.25) is 0 Å². The van der Waals surface area contributed by atoms with Crippen LogP contribution in [-0.4, -0.2) is 17.7 Å². The molecule has 6 heteroatoms. The largest absolute Gasteiger partial charge is 0.366 e. The second-order valence-corrected chi connectivity index (χ2v) is 4.99. The number of thiol groups is 1. The molecule has 0 heterocycles. The highest BCUT2D eigenvalue weighted by atomic mass is 35.5. The number of hydrogen-bond acceptors (Lipinski definition) is 3. The number of alkyl halides is 1. The number of amides is 2. The van der Waals surface area contributed by atoms with E-state index in [0.29, 0.717) is 11.3 Å². The standard InChI is InChI=1S/C12H17ClN2O2S/c1-7(15-10(16)6-13)11(12(14)17)8-4-2-3-5-9(8)18/h18H,2-6H2,1H3,(H2,14,17)(H,15,16)/b11-7-. The van der Waals surface area contributed by atoms with E-state index in [9.17, 15) is 9.59 Å². The van der Waals surface area contributed by atoms with Gasteiger partial charge in [0.2, 0.25) is 5.91 Å². The van der Waals surface area contributed by atoms with Gasteiger partial charge in [0.05, 0.1) is 5.57 Å². The molecule has 0 aromatic carbocycles. The Morgan fingerprint density at radius 1 is 1.39 bits per heavy atom. The predicted octanol–water partition coefficient (Wildman–Crippen LogP) is 1.86. The van der Waals surface area contributed by atoms with Gasteiger partial charge in [-0.05, 0) is 43.1 Å². The van der Waals surface area contributed by atoms with Gasteiger partial charge >= 0.3 is 0 Å². The maximum atomic E-state index is 11.6. The molecule has 1 aliphatic rings. The Bertz CT molecular complexity index is 430. The second-order valence-electron chi connectivity index (χ2n) is 4.18. The first-order valence-corrected chi connectivity index (χ1v) is 6.73. The summed E-state index contributed by atoms with van der Waals surface area (Å²) in [7, 11) is 0. The molecule has 0 fully saturated rings. The van der Waals surface area contributed by atoms with E-state index in [1.54, 1.807) is 6.92 Å². The number of halogens is 1. The molecule has 1 rings (SSSR count). The summed E-state index contributed by atoms with van der Waals surface area (Å²) in [5.74, 6) is -1.06. The normalized spacial score (nSPS) is 17.3. The van der Waals surface area contributed by atoms with Crippen LogP contribution in [0.25, 0.3) is 0 Å². The molecule has 0 aliphatic heterocycles. The molecule has 0 saturated carbocycles. The van der Waals surface area contributed by atoms with Crippen molar-refractivity contribution in [2.24, 2.45) is 5.73 Å². The van der Waals surface area contributed by atoms with Crippen LogP contribution in [0.4, 0.5) is 0 Å². The fourth-order valence-corrected chi connectivity index (χ4v) is 2.47. The van der Waals surface area contributed by atoms with E-state index in [-0.39, 0.29) is 11.8 Å². The molecule has 0 radical (unpaired) electrons. The summed E-state index contributed by atoms with van der Waals surface area (Å²) in [6.45, 7) is 1.65. The van der Waals surface area contributed by atoms with Gasteiger partial charge in [0.25, 0.3) is 5.91 Å². The third kappa shape index (κ3) is 3.78. The van der Waals surface area contributed by atoms with Crippen molar-refractivity contribution in [2.75, 3.05) is 5.88 Å². The number of nitrogens with two attached hydrogens (primary N) is 1. The van der Waals surface area contributed by atoms with Crippen molar-refractivity contribution in [2.45, 2.75) is 32.6 Å². The average Bonchev–Trinajstić information content (AvgIpc) is 2.31. The highest BCUT2D eigenvalue weighted by Gasteiger charge is 2.21. The van der Waals surface area contributed by atoms with Crippen molar-refractivity contribution in [3.8, 4) is 0 Å². The Labute approximate surface area is 117 Å². The van der Waals surface area contributed by atoms with Crippen molar-refractivity contribution in [1.82, 2.24) is 5.32 Å². The van der Waals surface area contributed by atoms with Crippen LogP contribution in [-0.2, 0) is 9.59 Å². The van der Waals surface area contributed by atoms with E-state index in [1.807, 2.05) is 0 Å². The monoisotopic (exact) mass is 288 g/mol. The first-order chi connectivity index (χ1) is 8.47. The summed E-state index contributed by atoms with van der Waals surface area (Å²) in [6, 6.07) is 0. The first kappa shape index (κ1) is 15.1. The Balaban J connectivity index is 3.12. The van der Waals surface area contributed by atoms with Gasteiger partial charge in [-0.2, -0.15) is 0 Å². The summed E-state index contributed by atoms with van der Waals surface area (Å²) in [5, 5.41) is 2.57. The molecular weight excluding hydrogens is 272 g/mol. The van der Waals surface area contributed by atoms with Gasteiger partial charge in [0, 0.05) is 5.70 Å². The average molecular weight is 289 g/mol.